The van der Waals surface area contributed by atoms with Gasteiger partial charge in [0, 0.05) is 19.1 Å². The van der Waals surface area contributed by atoms with E-state index in [9.17, 15) is 18.0 Å². The van der Waals surface area contributed by atoms with E-state index < -0.39 is 21.9 Å². The first-order chi connectivity index (χ1) is 10.8. The molecule has 1 heterocycles. The molecule has 0 spiro atoms. The highest BCUT2D eigenvalue weighted by Crippen LogP contribution is 2.16. The molecule has 0 saturated carbocycles. The number of carbonyl (C=O) groups is 2. The van der Waals surface area contributed by atoms with Crippen molar-refractivity contribution >= 4 is 21.9 Å². The third kappa shape index (κ3) is 4.08. The Balaban J connectivity index is 2.00. The van der Waals surface area contributed by atoms with Gasteiger partial charge in [-0.2, -0.15) is 0 Å². The van der Waals surface area contributed by atoms with Crippen LogP contribution in [0.2, 0.25) is 0 Å². The van der Waals surface area contributed by atoms with E-state index in [0.717, 1.165) is 0 Å². The molecule has 126 valence electrons. The molecule has 1 aromatic rings. The minimum absolute atomic E-state index is 0.0454. The fraction of sp³-hybridized carbons (Fsp3) is 0.467. The van der Waals surface area contributed by atoms with Gasteiger partial charge in [-0.3, -0.25) is 4.79 Å². The summed E-state index contributed by atoms with van der Waals surface area (Å²) in [7, 11) is -3.20. The normalized spacial score (nSPS) is 16.9. The highest BCUT2D eigenvalue weighted by molar-refractivity contribution is 7.89. The summed E-state index contributed by atoms with van der Waals surface area (Å²) in [6.07, 6.45) is 1.03. The lowest BCUT2D eigenvalue weighted by atomic mass is 10.0. The Morgan fingerprint density at radius 2 is 1.78 bits per heavy atom. The van der Waals surface area contributed by atoms with Crippen molar-refractivity contribution < 1.29 is 23.1 Å². The lowest BCUT2D eigenvalue weighted by Gasteiger charge is -2.31. The van der Waals surface area contributed by atoms with E-state index in [1.807, 2.05) is 0 Å². The van der Waals surface area contributed by atoms with Gasteiger partial charge >= 0.3 is 5.97 Å². The van der Waals surface area contributed by atoms with Gasteiger partial charge in [0.25, 0.3) is 5.91 Å². The number of hydrogen-bond acceptors (Lipinski definition) is 4. The molecule has 8 heteroatoms. The average Bonchev–Trinajstić information content (AvgIpc) is 2.55. The summed E-state index contributed by atoms with van der Waals surface area (Å²) in [6.45, 7) is 2.33. The van der Waals surface area contributed by atoms with Gasteiger partial charge in [0.2, 0.25) is 10.0 Å². The molecule has 1 aliphatic rings. The van der Waals surface area contributed by atoms with Crippen LogP contribution in [0.5, 0.6) is 0 Å². The number of amides is 1. The van der Waals surface area contributed by atoms with Crippen LogP contribution in [-0.4, -0.2) is 54.6 Å². The predicted octanol–water partition coefficient (Wildman–Crippen LogP) is 0.929. The van der Waals surface area contributed by atoms with Crippen LogP contribution in [0.15, 0.2) is 24.3 Å². The second-order valence-corrected chi connectivity index (χ2v) is 7.66. The van der Waals surface area contributed by atoms with Crippen LogP contribution < -0.4 is 5.32 Å². The minimum Gasteiger partial charge on any atom is -0.478 e. The largest absolute Gasteiger partial charge is 0.478 e. The number of sulfonamides is 1. The van der Waals surface area contributed by atoms with Crippen molar-refractivity contribution in [3.63, 3.8) is 0 Å². The van der Waals surface area contributed by atoms with Crippen LogP contribution in [0.1, 0.15) is 40.5 Å². The molecule has 1 fully saturated rings. The van der Waals surface area contributed by atoms with Crippen molar-refractivity contribution in [1.82, 2.24) is 9.62 Å². The van der Waals surface area contributed by atoms with Gasteiger partial charge in [-0.25, -0.2) is 17.5 Å². The molecule has 0 aliphatic carbocycles. The molecule has 0 bridgehead atoms. The quantitative estimate of drug-likeness (QED) is 0.830. The molecule has 1 aliphatic heterocycles. The molecule has 23 heavy (non-hydrogen) atoms. The number of carbonyl (C=O) groups excluding carboxylic acids is 1. The Bertz CT molecular complexity index is 694. The van der Waals surface area contributed by atoms with Crippen molar-refractivity contribution in [2.24, 2.45) is 0 Å². The van der Waals surface area contributed by atoms with Gasteiger partial charge in [-0.1, -0.05) is 12.1 Å². The zero-order chi connectivity index (χ0) is 17.0. The number of carboxylic acids is 1. The van der Waals surface area contributed by atoms with Gasteiger partial charge in [0.15, 0.2) is 0 Å². The zero-order valence-corrected chi connectivity index (χ0v) is 13.7. The van der Waals surface area contributed by atoms with Crippen LogP contribution >= 0.6 is 0 Å². The predicted molar refractivity (Wildman–Crippen MR) is 84.9 cm³/mol. The van der Waals surface area contributed by atoms with Gasteiger partial charge in [0.05, 0.1) is 16.9 Å². The first-order valence-electron chi connectivity index (χ1n) is 7.46. The first-order valence-corrected chi connectivity index (χ1v) is 9.07. The number of nitrogens with one attached hydrogen (secondary N) is 1. The van der Waals surface area contributed by atoms with Crippen LogP contribution in [0.3, 0.4) is 0 Å². The smallest absolute Gasteiger partial charge is 0.336 e. The molecular weight excluding hydrogens is 320 g/mol. The third-order valence-corrected chi connectivity index (χ3v) is 5.83. The number of benzene rings is 1. The maximum atomic E-state index is 12.3. The maximum Gasteiger partial charge on any atom is 0.336 e. The monoisotopic (exact) mass is 340 g/mol. The SMILES string of the molecule is CCS(=O)(=O)N1CCC(NC(=O)c2ccccc2C(=O)O)CC1. The average molecular weight is 340 g/mol. The second kappa shape index (κ2) is 7.10. The summed E-state index contributed by atoms with van der Waals surface area (Å²) in [4.78, 5) is 23.4. The standard InChI is InChI=1S/C15H20N2O5S/c1-2-23(21,22)17-9-7-11(8-10-17)16-14(18)12-5-3-4-6-13(12)15(19)20/h3-6,11H,2,7-10H2,1H3,(H,16,18)(H,19,20). The van der Waals surface area contributed by atoms with Crippen LogP contribution in [0, 0.1) is 0 Å². The van der Waals surface area contributed by atoms with Crippen LogP contribution in [0.4, 0.5) is 0 Å². The molecule has 0 aromatic heterocycles. The number of piperidine rings is 1. The molecule has 0 atom stereocenters. The zero-order valence-electron chi connectivity index (χ0n) is 12.9. The van der Waals surface area contributed by atoms with E-state index in [-0.39, 0.29) is 22.9 Å². The van der Waals surface area contributed by atoms with E-state index in [1.54, 1.807) is 19.1 Å². The van der Waals surface area contributed by atoms with E-state index >= 15 is 0 Å². The van der Waals surface area contributed by atoms with E-state index in [1.165, 1.54) is 16.4 Å². The van der Waals surface area contributed by atoms with Gasteiger partial charge in [-0.15, -0.1) is 0 Å². The summed E-state index contributed by atoms with van der Waals surface area (Å²) in [5.41, 5.74) is 0.0691. The van der Waals surface area contributed by atoms with Crippen molar-refractivity contribution in [1.29, 1.82) is 0 Å². The Hall–Kier alpha value is -1.93. The summed E-state index contributed by atoms with van der Waals surface area (Å²) in [5.74, 6) is -1.53. The Kier molecular flexibility index (Phi) is 5.38. The number of rotatable bonds is 5. The summed E-state index contributed by atoms with van der Waals surface area (Å²) in [5, 5.41) is 11.9. The summed E-state index contributed by atoms with van der Waals surface area (Å²) in [6, 6.07) is 5.86. The lowest BCUT2D eigenvalue weighted by molar-refractivity contribution is 0.0690. The number of hydrogen-bond donors (Lipinski definition) is 2. The second-order valence-electron chi connectivity index (χ2n) is 5.40. The van der Waals surface area contributed by atoms with Gasteiger partial charge < -0.3 is 10.4 Å². The molecular formula is C15H20N2O5S. The highest BCUT2D eigenvalue weighted by atomic mass is 32.2. The molecule has 1 aromatic carbocycles. The molecule has 2 N–H and O–H groups in total. The molecule has 2 rings (SSSR count). The van der Waals surface area contributed by atoms with Crippen LogP contribution in [-0.2, 0) is 10.0 Å². The summed E-state index contributed by atoms with van der Waals surface area (Å²) >= 11 is 0. The molecule has 0 unspecified atom stereocenters. The highest BCUT2D eigenvalue weighted by Gasteiger charge is 2.28. The molecule has 0 radical (unpaired) electrons. The molecule has 1 amide bonds. The Morgan fingerprint density at radius 3 is 2.30 bits per heavy atom. The van der Waals surface area contributed by atoms with Crippen molar-refractivity contribution in [3.8, 4) is 0 Å². The first kappa shape index (κ1) is 17.4. The minimum atomic E-state index is -3.20. The fourth-order valence-corrected chi connectivity index (χ4v) is 3.72. The van der Waals surface area contributed by atoms with Gasteiger partial charge in [0.1, 0.15) is 0 Å². The Labute approximate surface area is 135 Å². The Morgan fingerprint density at radius 1 is 1.22 bits per heavy atom. The maximum absolute atomic E-state index is 12.3. The van der Waals surface area contributed by atoms with Gasteiger partial charge in [-0.05, 0) is 31.9 Å². The lowest BCUT2D eigenvalue weighted by Crippen LogP contribution is -2.47. The van der Waals surface area contributed by atoms with E-state index in [4.69, 9.17) is 5.11 Å². The third-order valence-electron chi connectivity index (χ3n) is 3.95. The van der Waals surface area contributed by atoms with E-state index in [2.05, 4.69) is 5.32 Å². The van der Waals surface area contributed by atoms with Crippen molar-refractivity contribution in [2.45, 2.75) is 25.8 Å². The topological polar surface area (TPSA) is 104 Å². The fourth-order valence-electron chi connectivity index (χ4n) is 2.59. The number of aromatic carboxylic acids is 1. The molecule has 7 nitrogen and oxygen atoms in total. The van der Waals surface area contributed by atoms with Crippen LogP contribution in [0.25, 0.3) is 0 Å². The molecule has 1 saturated heterocycles. The number of nitrogens with zero attached hydrogens (tertiary/aromatic N) is 1. The van der Waals surface area contributed by atoms with Crippen molar-refractivity contribution in [3.05, 3.63) is 35.4 Å². The summed E-state index contributed by atoms with van der Waals surface area (Å²) < 4.78 is 25.0. The van der Waals surface area contributed by atoms with E-state index in [0.29, 0.717) is 25.9 Å². The van der Waals surface area contributed by atoms with Crippen molar-refractivity contribution in [2.75, 3.05) is 18.8 Å². The number of carboxylic acid groups (broad SMARTS) is 1.